The van der Waals surface area contributed by atoms with Crippen molar-refractivity contribution in [3.8, 4) is 0 Å². The molecule has 1 aliphatic rings. The molecule has 0 heterocycles. The van der Waals surface area contributed by atoms with Gasteiger partial charge in [0.1, 0.15) is 0 Å². The first kappa shape index (κ1) is 11.4. The Hall–Kier alpha value is -1.08. The molecule has 2 rings (SSSR count). The molecule has 1 nitrogen and oxygen atoms in total. The Morgan fingerprint density at radius 2 is 1.81 bits per heavy atom. The van der Waals surface area contributed by atoms with Crippen LogP contribution in [-0.4, -0.2) is 5.11 Å². The number of rotatable bonds is 2. The molecule has 1 aromatic carbocycles. The third kappa shape index (κ3) is 2.73. The van der Waals surface area contributed by atoms with Crippen LogP contribution in [0.15, 0.2) is 30.3 Å². The van der Waals surface area contributed by atoms with Crippen LogP contribution in [0.4, 0.5) is 0 Å². The summed E-state index contributed by atoms with van der Waals surface area (Å²) in [4.78, 5) is 0. The third-order valence-electron chi connectivity index (χ3n) is 3.30. The van der Waals surface area contributed by atoms with E-state index in [0.717, 1.165) is 5.56 Å². The first-order valence-electron chi connectivity index (χ1n) is 6.25. The van der Waals surface area contributed by atoms with E-state index in [1.165, 1.54) is 43.2 Å². The molecule has 1 aliphatic carbocycles. The van der Waals surface area contributed by atoms with Gasteiger partial charge in [0.25, 0.3) is 0 Å². The Kier molecular flexibility index (Phi) is 3.79. The Bertz CT molecular complexity index is 360. The van der Waals surface area contributed by atoms with Crippen molar-refractivity contribution in [2.75, 3.05) is 0 Å². The predicted molar refractivity (Wildman–Crippen MR) is 68.1 cm³/mol. The largest absolute Gasteiger partial charge is 0.389 e. The summed E-state index contributed by atoms with van der Waals surface area (Å²) in [6.07, 6.45) is 8.42. The minimum absolute atomic E-state index is 0.364. The topological polar surface area (TPSA) is 20.2 Å². The van der Waals surface area contributed by atoms with Gasteiger partial charge in [0.05, 0.1) is 6.10 Å². The van der Waals surface area contributed by atoms with Gasteiger partial charge in [0, 0.05) is 0 Å². The van der Waals surface area contributed by atoms with E-state index in [-0.39, 0.29) is 6.10 Å². The number of allylic oxidation sites excluding steroid dienone is 2. The molecule has 0 fully saturated rings. The number of benzene rings is 1. The zero-order valence-electron chi connectivity index (χ0n) is 9.95. The van der Waals surface area contributed by atoms with Gasteiger partial charge in [-0.2, -0.15) is 0 Å². The zero-order valence-corrected chi connectivity index (χ0v) is 9.95. The summed E-state index contributed by atoms with van der Waals surface area (Å²) in [5.41, 5.74) is 3.80. The molecular weight excluding hydrogens is 196 g/mol. The van der Waals surface area contributed by atoms with Crippen LogP contribution < -0.4 is 0 Å². The molecule has 16 heavy (non-hydrogen) atoms. The summed E-state index contributed by atoms with van der Waals surface area (Å²) < 4.78 is 0. The van der Waals surface area contributed by atoms with Crippen molar-refractivity contribution in [2.24, 2.45) is 0 Å². The molecule has 1 heteroatoms. The van der Waals surface area contributed by atoms with Gasteiger partial charge in [-0.05, 0) is 49.3 Å². The summed E-state index contributed by atoms with van der Waals surface area (Å²) in [6, 6.07) is 8.34. The van der Waals surface area contributed by atoms with Crippen molar-refractivity contribution >= 4 is 5.57 Å². The van der Waals surface area contributed by atoms with Gasteiger partial charge in [-0.25, -0.2) is 0 Å². The maximum atomic E-state index is 9.46. The average molecular weight is 216 g/mol. The van der Waals surface area contributed by atoms with Gasteiger partial charge in [-0.1, -0.05) is 36.8 Å². The maximum Gasteiger partial charge on any atom is 0.0761 e. The van der Waals surface area contributed by atoms with Crippen LogP contribution in [-0.2, 0) is 0 Å². The van der Waals surface area contributed by atoms with E-state index >= 15 is 0 Å². The Morgan fingerprint density at radius 3 is 2.50 bits per heavy atom. The van der Waals surface area contributed by atoms with E-state index in [1.54, 1.807) is 6.92 Å². The van der Waals surface area contributed by atoms with Crippen LogP contribution in [0.3, 0.4) is 0 Å². The van der Waals surface area contributed by atoms with E-state index in [0.29, 0.717) is 0 Å². The first-order chi connectivity index (χ1) is 7.77. The van der Waals surface area contributed by atoms with Gasteiger partial charge in [-0.3, -0.25) is 0 Å². The van der Waals surface area contributed by atoms with E-state index in [9.17, 15) is 5.11 Å². The van der Waals surface area contributed by atoms with Crippen molar-refractivity contribution in [3.63, 3.8) is 0 Å². The standard InChI is InChI=1S/C15H20O/c1-12(16)13-8-10-15(11-9-13)14-6-4-2-3-5-7-14/h6,8-12,16H,2-5,7H2,1H3. The lowest BCUT2D eigenvalue weighted by atomic mass is 9.99. The summed E-state index contributed by atoms with van der Waals surface area (Å²) >= 11 is 0. The van der Waals surface area contributed by atoms with Crippen molar-refractivity contribution in [2.45, 2.75) is 45.1 Å². The highest BCUT2D eigenvalue weighted by molar-refractivity contribution is 5.65. The summed E-state index contributed by atoms with van der Waals surface area (Å²) in [6.45, 7) is 1.81. The van der Waals surface area contributed by atoms with E-state index in [2.05, 4.69) is 18.2 Å². The molecule has 0 bridgehead atoms. The lowest BCUT2D eigenvalue weighted by Crippen LogP contribution is -1.91. The van der Waals surface area contributed by atoms with Crippen LogP contribution in [0.5, 0.6) is 0 Å². The van der Waals surface area contributed by atoms with E-state index in [4.69, 9.17) is 0 Å². The summed E-state index contributed by atoms with van der Waals surface area (Å²) in [7, 11) is 0. The fraction of sp³-hybridized carbons (Fsp3) is 0.467. The molecule has 0 saturated carbocycles. The van der Waals surface area contributed by atoms with Crippen molar-refractivity contribution in [3.05, 3.63) is 41.5 Å². The minimum atomic E-state index is -0.364. The average Bonchev–Trinajstić information content (AvgIpc) is 2.57. The molecule has 1 unspecified atom stereocenters. The highest BCUT2D eigenvalue weighted by atomic mass is 16.3. The second kappa shape index (κ2) is 5.31. The second-order valence-corrected chi connectivity index (χ2v) is 4.63. The predicted octanol–water partition coefficient (Wildman–Crippen LogP) is 4.09. The minimum Gasteiger partial charge on any atom is -0.389 e. The van der Waals surface area contributed by atoms with Gasteiger partial charge in [0.2, 0.25) is 0 Å². The molecular formula is C15H20O. The van der Waals surface area contributed by atoms with E-state index in [1.807, 2.05) is 12.1 Å². The smallest absolute Gasteiger partial charge is 0.0761 e. The van der Waals surface area contributed by atoms with Crippen LogP contribution >= 0.6 is 0 Å². The van der Waals surface area contributed by atoms with Gasteiger partial charge in [-0.15, -0.1) is 0 Å². The van der Waals surface area contributed by atoms with Crippen LogP contribution in [0.25, 0.3) is 5.57 Å². The van der Waals surface area contributed by atoms with E-state index < -0.39 is 0 Å². The second-order valence-electron chi connectivity index (χ2n) is 4.63. The number of aliphatic hydroxyl groups excluding tert-OH is 1. The molecule has 0 radical (unpaired) electrons. The van der Waals surface area contributed by atoms with Crippen molar-refractivity contribution < 1.29 is 5.11 Å². The fourth-order valence-electron chi connectivity index (χ4n) is 2.25. The SMILES string of the molecule is CC(O)c1ccc(C2=CCCCCC2)cc1. The summed E-state index contributed by atoms with van der Waals surface area (Å²) in [5, 5.41) is 9.46. The van der Waals surface area contributed by atoms with Crippen LogP contribution in [0.1, 0.15) is 56.3 Å². The number of hydrogen-bond donors (Lipinski definition) is 1. The monoisotopic (exact) mass is 216 g/mol. The van der Waals surface area contributed by atoms with Gasteiger partial charge >= 0.3 is 0 Å². The quantitative estimate of drug-likeness (QED) is 0.789. The van der Waals surface area contributed by atoms with Gasteiger partial charge < -0.3 is 5.11 Å². The van der Waals surface area contributed by atoms with Gasteiger partial charge in [0.15, 0.2) is 0 Å². The van der Waals surface area contributed by atoms with Crippen LogP contribution in [0, 0.1) is 0 Å². The Labute approximate surface area is 97.8 Å². The molecule has 1 aromatic rings. The molecule has 0 spiro atoms. The number of aliphatic hydroxyl groups is 1. The third-order valence-corrected chi connectivity index (χ3v) is 3.30. The molecule has 0 aliphatic heterocycles. The fourth-order valence-corrected chi connectivity index (χ4v) is 2.25. The lowest BCUT2D eigenvalue weighted by Gasteiger charge is -2.08. The summed E-state index contributed by atoms with van der Waals surface area (Å²) in [5.74, 6) is 0. The van der Waals surface area contributed by atoms with Crippen molar-refractivity contribution in [1.82, 2.24) is 0 Å². The molecule has 0 saturated heterocycles. The number of hydrogen-bond acceptors (Lipinski definition) is 1. The maximum absolute atomic E-state index is 9.46. The first-order valence-corrected chi connectivity index (χ1v) is 6.25. The highest BCUT2D eigenvalue weighted by Crippen LogP contribution is 2.26. The molecule has 0 aromatic heterocycles. The molecule has 0 amide bonds. The van der Waals surface area contributed by atoms with Crippen LogP contribution in [0.2, 0.25) is 0 Å². The Morgan fingerprint density at radius 1 is 1.06 bits per heavy atom. The molecule has 1 N–H and O–H groups in total. The molecule has 86 valence electrons. The van der Waals surface area contributed by atoms with Crippen molar-refractivity contribution in [1.29, 1.82) is 0 Å². The lowest BCUT2D eigenvalue weighted by molar-refractivity contribution is 0.199. The Balaban J connectivity index is 2.17. The molecule has 1 atom stereocenters. The normalized spacial score (nSPS) is 18.8. The zero-order chi connectivity index (χ0) is 11.4. The highest BCUT2D eigenvalue weighted by Gasteiger charge is 2.06.